The van der Waals surface area contributed by atoms with Crippen molar-refractivity contribution in [1.82, 2.24) is 9.88 Å². The van der Waals surface area contributed by atoms with E-state index in [1.54, 1.807) is 4.90 Å². The summed E-state index contributed by atoms with van der Waals surface area (Å²) in [6, 6.07) is 7.26. The van der Waals surface area contributed by atoms with E-state index in [9.17, 15) is 9.59 Å². The van der Waals surface area contributed by atoms with E-state index in [-0.39, 0.29) is 25.4 Å². The summed E-state index contributed by atoms with van der Waals surface area (Å²) in [6.45, 7) is 3.65. The summed E-state index contributed by atoms with van der Waals surface area (Å²) in [7, 11) is 0. The number of benzene rings is 1. The van der Waals surface area contributed by atoms with Gasteiger partial charge in [0, 0.05) is 17.5 Å². The van der Waals surface area contributed by atoms with Crippen LogP contribution in [0.15, 0.2) is 29.6 Å². The van der Waals surface area contributed by atoms with Crippen molar-refractivity contribution in [3.63, 3.8) is 0 Å². The highest BCUT2D eigenvalue weighted by Gasteiger charge is 2.29. The van der Waals surface area contributed by atoms with Crippen LogP contribution in [0.4, 0.5) is 0 Å². The highest BCUT2D eigenvalue weighted by Crippen LogP contribution is 2.26. The molecular formula is C19H22N2O5S. The second kappa shape index (κ2) is 8.96. The number of aromatic nitrogens is 1. The van der Waals surface area contributed by atoms with Gasteiger partial charge in [0.1, 0.15) is 10.8 Å². The van der Waals surface area contributed by atoms with Crippen molar-refractivity contribution >= 4 is 23.2 Å². The average molecular weight is 390 g/mol. The quantitative estimate of drug-likeness (QED) is 0.781. The number of carboxylic acid groups (broad SMARTS) is 1. The summed E-state index contributed by atoms with van der Waals surface area (Å²) >= 11 is 1.48. The van der Waals surface area contributed by atoms with Gasteiger partial charge in [-0.25, -0.2) is 4.98 Å². The van der Waals surface area contributed by atoms with Gasteiger partial charge >= 0.3 is 5.97 Å². The average Bonchev–Trinajstić information content (AvgIpc) is 3.11. The van der Waals surface area contributed by atoms with Crippen LogP contribution in [0.25, 0.3) is 10.6 Å². The van der Waals surface area contributed by atoms with Crippen LogP contribution in [0.3, 0.4) is 0 Å². The van der Waals surface area contributed by atoms with E-state index in [0.717, 1.165) is 16.3 Å². The Hall–Kier alpha value is -2.45. The van der Waals surface area contributed by atoms with Gasteiger partial charge in [-0.1, -0.05) is 0 Å². The van der Waals surface area contributed by atoms with Crippen molar-refractivity contribution in [3.8, 4) is 16.3 Å². The molecule has 0 bridgehead atoms. The van der Waals surface area contributed by atoms with Gasteiger partial charge in [-0.2, -0.15) is 0 Å². The van der Waals surface area contributed by atoms with Crippen molar-refractivity contribution in [3.05, 3.63) is 35.3 Å². The number of carbonyl (C=O) groups excluding carboxylic acids is 1. The molecule has 0 aliphatic carbocycles. The normalized spacial score (nSPS) is 16.9. The number of ether oxygens (including phenoxy) is 2. The molecule has 2 heterocycles. The summed E-state index contributed by atoms with van der Waals surface area (Å²) in [4.78, 5) is 29.8. The maximum atomic E-state index is 12.6. The Labute approximate surface area is 161 Å². The summed E-state index contributed by atoms with van der Waals surface area (Å²) in [5, 5.41) is 11.7. The lowest BCUT2D eigenvalue weighted by atomic mass is 10.1. The number of nitrogens with zero attached hydrogens (tertiary/aromatic N) is 2. The molecule has 1 aromatic heterocycles. The molecule has 1 aliphatic heterocycles. The smallest absolute Gasteiger partial charge is 0.305 e. The van der Waals surface area contributed by atoms with E-state index in [1.807, 2.05) is 36.6 Å². The molecule has 1 unspecified atom stereocenters. The Morgan fingerprint density at radius 2 is 2.15 bits per heavy atom. The zero-order valence-corrected chi connectivity index (χ0v) is 15.9. The molecule has 1 N–H and O–H groups in total. The Bertz CT molecular complexity index is 790. The second-order valence-electron chi connectivity index (χ2n) is 6.19. The number of hydrogen-bond donors (Lipinski definition) is 1. The fourth-order valence-corrected chi connectivity index (χ4v) is 3.82. The Kier molecular flexibility index (Phi) is 6.41. The molecule has 1 aromatic carbocycles. The third-order valence-electron chi connectivity index (χ3n) is 4.25. The van der Waals surface area contributed by atoms with Gasteiger partial charge in [0.15, 0.2) is 0 Å². The van der Waals surface area contributed by atoms with Crippen molar-refractivity contribution in [2.24, 2.45) is 0 Å². The van der Waals surface area contributed by atoms with Crippen molar-refractivity contribution < 1.29 is 24.2 Å². The zero-order chi connectivity index (χ0) is 19.2. The van der Waals surface area contributed by atoms with E-state index in [1.165, 1.54) is 11.3 Å². The van der Waals surface area contributed by atoms with Gasteiger partial charge in [-0.15, -0.1) is 11.3 Å². The van der Waals surface area contributed by atoms with Crippen LogP contribution in [0, 0.1) is 0 Å². The number of rotatable bonds is 7. The Balaban J connectivity index is 1.65. The van der Waals surface area contributed by atoms with Gasteiger partial charge in [0.2, 0.25) is 5.91 Å². The van der Waals surface area contributed by atoms with Gasteiger partial charge in [0.25, 0.3) is 0 Å². The van der Waals surface area contributed by atoms with E-state index >= 15 is 0 Å². The lowest BCUT2D eigenvalue weighted by molar-refractivity contribution is -0.145. The number of aliphatic carboxylic acids is 1. The lowest BCUT2D eigenvalue weighted by Gasteiger charge is -2.34. The molecule has 1 aliphatic rings. The standard InChI is InChI=1S/C19H22N2O5S/c1-2-26-16-5-3-13(4-6-16)19-20-14(12-27-19)9-17(22)21-7-8-25-11-15(21)10-18(23)24/h3-6,12,15H,2,7-11H2,1H3,(H,23,24). The summed E-state index contributed by atoms with van der Waals surface area (Å²) in [5.74, 6) is -0.243. The molecule has 1 atom stereocenters. The predicted molar refractivity (Wildman–Crippen MR) is 101 cm³/mol. The first-order chi connectivity index (χ1) is 13.1. The predicted octanol–water partition coefficient (Wildman–Crippen LogP) is 2.45. The SMILES string of the molecule is CCOc1ccc(-c2nc(CC(=O)N3CCOCC3CC(=O)O)cs2)cc1. The molecule has 1 saturated heterocycles. The molecule has 27 heavy (non-hydrogen) atoms. The molecule has 3 rings (SSSR count). The summed E-state index contributed by atoms with van der Waals surface area (Å²) < 4.78 is 10.8. The first-order valence-electron chi connectivity index (χ1n) is 8.83. The van der Waals surface area contributed by atoms with Gasteiger partial charge in [-0.05, 0) is 31.2 Å². The van der Waals surface area contributed by atoms with E-state index in [2.05, 4.69) is 4.98 Å². The molecule has 144 valence electrons. The first kappa shape index (κ1) is 19.3. The van der Waals surface area contributed by atoms with E-state index in [0.29, 0.717) is 25.5 Å². The van der Waals surface area contributed by atoms with Crippen molar-refractivity contribution in [2.45, 2.75) is 25.8 Å². The van der Waals surface area contributed by atoms with Crippen LogP contribution >= 0.6 is 11.3 Å². The molecule has 2 aromatic rings. The molecule has 0 spiro atoms. The molecule has 0 radical (unpaired) electrons. The van der Waals surface area contributed by atoms with Crippen LogP contribution in [0.5, 0.6) is 5.75 Å². The van der Waals surface area contributed by atoms with Crippen LogP contribution in [-0.4, -0.2) is 59.3 Å². The number of amides is 1. The Morgan fingerprint density at radius 1 is 1.37 bits per heavy atom. The summed E-state index contributed by atoms with van der Waals surface area (Å²) in [6.07, 6.45) is 0.0455. The maximum absolute atomic E-state index is 12.6. The van der Waals surface area contributed by atoms with Crippen LogP contribution < -0.4 is 4.74 Å². The van der Waals surface area contributed by atoms with Gasteiger partial charge in [0.05, 0.1) is 44.4 Å². The number of carboxylic acids is 1. The number of hydrogen-bond acceptors (Lipinski definition) is 6. The maximum Gasteiger partial charge on any atom is 0.305 e. The van der Waals surface area contributed by atoms with E-state index in [4.69, 9.17) is 14.6 Å². The number of thiazole rings is 1. The highest BCUT2D eigenvalue weighted by molar-refractivity contribution is 7.13. The molecule has 0 saturated carbocycles. The lowest BCUT2D eigenvalue weighted by Crippen LogP contribution is -2.50. The molecular weight excluding hydrogens is 368 g/mol. The minimum atomic E-state index is -0.935. The minimum Gasteiger partial charge on any atom is -0.494 e. The van der Waals surface area contributed by atoms with Crippen LogP contribution in [0.1, 0.15) is 19.0 Å². The first-order valence-corrected chi connectivity index (χ1v) is 9.71. The highest BCUT2D eigenvalue weighted by atomic mass is 32.1. The third-order valence-corrected chi connectivity index (χ3v) is 5.19. The fourth-order valence-electron chi connectivity index (χ4n) is 2.99. The van der Waals surface area contributed by atoms with Crippen molar-refractivity contribution in [2.75, 3.05) is 26.4 Å². The van der Waals surface area contributed by atoms with Gasteiger partial charge < -0.3 is 19.5 Å². The molecule has 1 fully saturated rings. The number of morpholine rings is 1. The van der Waals surface area contributed by atoms with Crippen LogP contribution in [0.2, 0.25) is 0 Å². The van der Waals surface area contributed by atoms with Crippen LogP contribution in [-0.2, 0) is 20.7 Å². The molecule has 7 nitrogen and oxygen atoms in total. The number of carbonyl (C=O) groups is 2. The second-order valence-corrected chi connectivity index (χ2v) is 7.05. The topological polar surface area (TPSA) is 89.0 Å². The summed E-state index contributed by atoms with van der Waals surface area (Å²) in [5.41, 5.74) is 1.66. The third kappa shape index (κ3) is 5.05. The van der Waals surface area contributed by atoms with E-state index < -0.39 is 12.0 Å². The molecule has 8 heteroatoms. The largest absolute Gasteiger partial charge is 0.494 e. The minimum absolute atomic E-state index is 0.111. The monoisotopic (exact) mass is 390 g/mol. The zero-order valence-electron chi connectivity index (χ0n) is 15.1. The molecule has 1 amide bonds. The Morgan fingerprint density at radius 3 is 2.85 bits per heavy atom. The van der Waals surface area contributed by atoms with Gasteiger partial charge in [-0.3, -0.25) is 9.59 Å². The fraction of sp³-hybridized carbons (Fsp3) is 0.421. The van der Waals surface area contributed by atoms with Crippen molar-refractivity contribution in [1.29, 1.82) is 0 Å².